The molecule has 0 radical (unpaired) electrons. The van der Waals surface area contributed by atoms with Gasteiger partial charge in [0.15, 0.2) is 0 Å². The molecular formula is C11H24N2O. The van der Waals surface area contributed by atoms with Crippen molar-refractivity contribution in [3.05, 3.63) is 0 Å². The molecule has 1 rings (SSSR count). The fourth-order valence-electron chi connectivity index (χ4n) is 2.74. The first-order chi connectivity index (χ1) is 6.62. The first-order valence-electron chi connectivity index (χ1n) is 5.71. The van der Waals surface area contributed by atoms with Gasteiger partial charge in [0, 0.05) is 18.0 Å². The van der Waals surface area contributed by atoms with Crippen LogP contribution in [0.4, 0.5) is 0 Å². The van der Waals surface area contributed by atoms with E-state index in [2.05, 4.69) is 5.32 Å². The SMILES string of the molecule is CNCC1([C@H](O)[C@H](C)N)CCCCC1. The molecule has 0 spiro atoms. The Labute approximate surface area is 87.1 Å². The molecule has 0 amide bonds. The van der Waals surface area contributed by atoms with Crippen molar-refractivity contribution in [1.29, 1.82) is 0 Å². The Hall–Kier alpha value is -0.120. The quantitative estimate of drug-likeness (QED) is 0.631. The summed E-state index contributed by atoms with van der Waals surface area (Å²) in [5, 5.41) is 13.4. The fourth-order valence-corrected chi connectivity index (χ4v) is 2.74. The Kier molecular flexibility index (Phi) is 4.35. The highest BCUT2D eigenvalue weighted by atomic mass is 16.3. The lowest BCUT2D eigenvalue weighted by Gasteiger charge is -2.42. The van der Waals surface area contributed by atoms with E-state index < -0.39 is 0 Å². The summed E-state index contributed by atoms with van der Waals surface area (Å²) in [5.41, 5.74) is 5.83. The molecule has 0 aromatic heterocycles. The number of hydrogen-bond acceptors (Lipinski definition) is 3. The van der Waals surface area contributed by atoms with Crippen LogP contribution in [0.25, 0.3) is 0 Å². The van der Waals surface area contributed by atoms with Crippen LogP contribution < -0.4 is 11.1 Å². The zero-order valence-electron chi connectivity index (χ0n) is 9.42. The second kappa shape index (κ2) is 5.10. The highest BCUT2D eigenvalue weighted by Gasteiger charge is 2.39. The molecule has 1 aliphatic rings. The molecule has 1 saturated carbocycles. The predicted molar refractivity (Wildman–Crippen MR) is 59.1 cm³/mol. The van der Waals surface area contributed by atoms with Crippen molar-refractivity contribution in [2.24, 2.45) is 11.1 Å². The topological polar surface area (TPSA) is 58.3 Å². The largest absolute Gasteiger partial charge is 0.391 e. The minimum Gasteiger partial charge on any atom is -0.391 e. The second-order valence-electron chi connectivity index (χ2n) is 4.76. The molecule has 1 fully saturated rings. The van der Waals surface area contributed by atoms with Crippen LogP contribution in [0.1, 0.15) is 39.0 Å². The van der Waals surface area contributed by atoms with Gasteiger partial charge in [-0.2, -0.15) is 0 Å². The number of nitrogens with two attached hydrogens (primary N) is 1. The summed E-state index contributed by atoms with van der Waals surface area (Å²) < 4.78 is 0. The highest BCUT2D eigenvalue weighted by molar-refractivity contribution is 4.93. The number of rotatable bonds is 4. The van der Waals surface area contributed by atoms with E-state index in [-0.39, 0.29) is 17.6 Å². The smallest absolute Gasteiger partial charge is 0.0756 e. The van der Waals surface area contributed by atoms with E-state index in [1.54, 1.807) is 0 Å². The third-order valence-electron chi connectivity index (χ3n) is 3.50. The lowest BCUT2D eigenvalue weighted by atomic mass is 9.68. The summed E-state index contributed by atoms with van der Waals surface area (Å²) in [5.74, 6) is 0. The standard InChI is InChI=1S/C11H24N2O/c1-9(12)10(14)11(8-13-2)6-4-3-5-7-11/h9-10,13-14H,3-8,12H2,1-2H3/t9-,10+/m0/s1. The van der Waals surface area contributed by atoms with Crippen LogP contribution in [-0.4, -0.2) is 30.8 Å². The van der Waals surface area contributed by atoms with E-state index >= 15 is 0 Å². The maximum absolute atomic E-state index is 10.2. The van der Waals surface area contributed by atoms with Gasteiger partial charge in [0.2, 0.25) is 0 Å². The molecule has 4 N–H and O–H groups in total. The Morgan fingerprint density at radius 1 is 1.36 bits per heavy atom. The minimum atomic E-state index is -0.366. The van der Waals surface area contributed by atoms with Crippen molar-refractivity contribution < 1.29 is 5.11 Å². The fraction of sp³-hybridized carbons (Fsp3) is 1.00. The number of nitrogens with one attached hydrogen (secondary N) is 1. The zero-order chi connectivity index (χ0) is 10.6. The van der Waals surface area contributed by atoms with Crippen molar-refractivity contribution in [1.82, 2.24) is 5.32 Å². The third kappa shape index (κ3) is 2.47. The van der Waals surface area contributed by atoms with Crippen LogP contribution in [0.2, 0.25) is 0 Å². The van der Waals surface area contributed by atoms with Crippen molar-refractivity contribution in [3.63, 3.8) is 0 Å². The molecule has 3 nitrogen and oxygen atoms in total. The molecule has 0 heterocycles. The number of aliphatic hydroxyl groups excluding tert-OH is 1. The van der Waals surface area contributed by atoms with Gasteiger partial charge in [-0.05, 0) is 26.8 Å². The second-order valence-corrected chi connectivity index (χ2v) is 4.76. The monoisotopic (exact) mass is 200 g/mol. The molecule has 2 atom stereocenters. The van der Waals surface area contributed by atoms with Gasteiger partial charge >= 0.3 is 0 Å². The van der Waals surface area contributed by atoms with Crippen LogP contribution in [0.3, 0.4) is 0 Å². The van der Waals surface area contributed by atoms with Crippen LogP contribution in [-0.2, 0) is 0 Å². The molecule has 0 bridgehead atoms. The average Bonchev–Trinajstić information content (AvgIpc) is 2.18. The maximum Gasteiger partial charge on any atom is 0.0756 e. The molecule has 0 aromatic rings. The van der Waals surface area contributed by atoms with E-state index in [1.165, 1.54) is 19.3 Å². The van der Waals surface area contributed by atoms with Gasteiger partial charge in [0.1, 0.15) is 0 Å². The maximum atomic E-state index is 10.2. The highest BCUT2D eigenvalue weighted by Crippen LogP contribution is 2.39. The molecular weight excluding hydrogens is 176 g/mol. The van der Waals surface area contributed by atoms with Gasteiger partial charge in [-0.3, -0.25) is 0 Å². The van der Waals surface area contributed by atoms with Gasteiger partial charge in [0.05, 0.1) is 6.10 Å². The Morgan fingerprint density at radius 2 is 1.93 bits per heavy atom. The molecule has 14 heavy (non-hydrogen) atoms. The minimum absolute atomic E-state index is 0.0289. The van der Waals surface area contributed by atoms with Crippen molar-refractivity contribution >= 4 is 0 Å². The van der Waals surface area contributed by atoms with Gasteiger partial charge in [-0.1, -0.05) is 19.3 Å². The first-order valence-corrected chi connectivity index (χ1v) is 5.71. The van der Waals surface area contributed by atoms with Gasteiger partial charge in [0.25, 0.3) is 0 Å². The van der Waals surface area contributed by atoms with Crippen LogP contribution >= 0.6 is 0 Å². The molecule has 0 aliphatic heterocycles. The third-order valence-corrected chi connectivity index (χ3v) is 3.50. The Balaban J connectivity index is 2.68. The normalized spacial score (nSPS) is 25.7. The zero-order valence-corrected chi connectivity index (χ0v) is 9.42. The Bertz CT molecular complexity index is 159. The van der Waals surface area contributed by atoms with E-state index in [0.29, 0.717) is 0 Å². The predicted octanol–water partition coefficient (Wildman–Crippen LogP) is 0.864. The molecule has 0 aromatic carbocycles. The molecule has 84 valence electrons. The molecule has 0 unspecified atom stereocenters. The van der Waals surface area contributed by atoms with E-state index in [4.69, 9.17) is 5.73 Å². The molecule has 1 aliphatic carbocycles. The summed E-state index contributed by atoms with van der Waals surface area (Å²) >= 11 is 0. The van der Waals surface area contributed by atoms with Crippen molar-refractivity contribution in [3.8, 4) is 0 Å². The van der Waals surface area contributed by atoms with Crippen LogP contribution in [0.15, 0.2) is 0 Å². The van der Waals surface area contributed by atoms with Gasteiger partial charge in [-0.15, -0.1) is 0 Å². The summed E-state index contributed by atoms with van der Waals surface area (Å²) in [7, 11) is 1.95. The number of hydrogen-bond donors (Lipinski definition) is 3. The van der Waals surface area contributed by atoms with Crippen molar-refractivity contribution in [2.75, 3.05) is 13.6 Å². The average molecular weight is 200 g/mol. The Morgan fingerprint density at radius 3 is 2.36 bits per heavy atom. The van der Waals surface area contributed by atoms with E-state index in [0.717, 1.165) is 19.4 Å². The van der Waals surface area contributed by atoms with E-state index in [9.17, 15) is 5.11 Å². The molecule has 0 saturated heterocycles. The van der Waals surface area contributed by atoms with Crippen molar-refractivity contribution in [2.45, 2.75) is 51.2 Å². The van der Waals surface area contributed by atoms with Gasteiger partial charge in [-0.25, -0.2) is 0 Å². The summed E-state index contributed by atoms with van der Waals surface area (Å²) in [6.07, 6.45) is 5.61. The summed E-state index contributed by atoms with van der Waals surface area (Å²) in [6.45, 7) is 2.78. The first kappa shape index (κ1) is 12.0. The van der Waals surface area contributed by atoms with E-state index in [1.807, 2.05) is 14.0 Å². The number of aliphatic hydroxyl groups is 1. The lowest BCUT2D eigenvalue weighted by Crippen LogP contribution is -2.51. The lowest BCUT2D eigenvalue weighted by molar-refractivity contribution is -0.0150. The van der Waals surface area contributed by atoms with Crippen LogP contribution in [0.5, 0.6) is 0 Å². The summed E-state index contributed by atoms with van der Waals surface area (Å²) in [6, 6.07) is -0.124. The van der Waals surface area contributed by atoms with Gasteiger partial charge < -0.3 is 16.2 Å². The molecule has 3 heteroatoms. The van der Waals surface area contributed by atoms with Crippen LogP contribution in [0, 0.1) is 5.41 Å². The summed E-state index contributed by atoms with van der Waals surface area (Å²) in [4.78, 5) is 0.